The van der Waals surface area contributed by atoms with Gasteiger partial charge in [0.15, 0.2) is 0 Å². The Hall–Kier alpha value is 0.0800. The van der Waals surface area contributed by atoms with Gasteiger partial charge >= 0.3 is 0 Å². The summed E-state index contributed by atoms with van der Waals surface area (Å²) in [6.07, 6.45) is 0. The van der Waals surface area contributed by atoms with E-state index in [1.54, 1.807) is 12.1 Å². The zero-order chi connectivity index (χ0) is 17.0. The normalized spacial score (nSPS) is 13.7. The minimum Gasteiger partial charge on any atom is -0.268 e. The number of carbonyl (C=O) groups excluding carboxylic acids is 2. The van der Waals surface area contributed by atoms with E-state index < -0.39 is 11.8 Å². The van der Waals surface area contributed by atoms with E-state index in [1.165, 1.54) is 6.07 Å². The lowest BCUT2D eigenvalue weighted by Gasteiger charge is -2.15. The molecule has 3 rings (SSSR count). The Morgan fingerprint density at radius 3 is 1.74 bits per heavy atom. The quantitative estimate of drug-likeness (QED) is 0.202. The number of fused-ring (bicyclic) bond motifs is 1. The molecule has 118 valence electrons. The van der Waals surface area contributed by atoms with Crippen molar-refractivity contribution in [1.29, 1.82) is 0 Å². The van der Waals surface area contributed by atoms with Crippen LogP contribution in [0.15, 0.2) is 36.1 Å². The molecule has 0 atom stereocenters. The lowest BCUT2D eigenvalue weighted by molar-refractivity contribution is 0.0926. The number of anilines is 1. The van der Waals surface area contributed by atoms with Crippen molar-refractivity contribution in [1.82, 2.24) is 0 Å². The van der Waals surface area contributed by atoms with Crippen LogP contribution in [0.3, 0.4) is 0 Å². The maximum absolute atomic E-state index is 12.8. The largest absolute Gasteiger partial charge is 0.268 e. The molecule has 9 heteroatoms. The van der Waals surface area contributed by atoms with Gasteiger partial charge in [0.05, 0.1) is 21.8 Å². The predicted octanol–water partition coefficient (Wildman–Crippen LogP) is 6.84. The van der Waals surface area contributed by atoms with Crippen LogP contribution in [0, 0.1) is 0 Å². The molecule has 0 saturated heterocycles. The third kappa shape index (κ3) is 2.73. The fraction of sp³-hybridized carbons (Fsp3) is 0. The summed E-state index contributed by atoms with van der Waals surface area (Å²) in [6.45, 7) is 0. The van der Waals surface area contributed by atoms with Crippen molar-refractivity contribution in [2.75, 3.05) is 4.90 Å². The second kappa shape index (κ2) is 6.42. The highest BCUT2D eigenvalue weighted by Gasteiger charge is 2.42. The van der Waals surface area contributed by atoms with Crippen LogP contribution >= 0.6 is 86.9 Å². The van der Waals surface area contributed by atoms with Gasteiger partial charge in [-0.25, -0.2) is 4.90 Å². The number of imide groups is 1. The fourth-order valence-corrected chi connectivity index (χ4v) is 5.05. The number of amides is 2. The molecule has 0 N–H and O–H groups in total. The van der Waals surface area contributed by atoms with Crippen molar-refractivity contribution in [3.8, 4) is 0 Å². The van der Waals surface area contributed by atoms with Gasteiger partial charge in [-0.1, -0.05) is 23.2 Å². The summed E-state index contributed by atoms with van der Waals surface area (Å²) in [4.78, 5) is 26.7. The third-order valence-electron chi connectivity index (χ3n) is 3.25. The Morgan fingerprint density at radius 2 is 1.26 bits per heavy atom. The maximum Gasteiger partial charge on any atom is 0.267 e. The monoisotopic (exact) mass is 603 g/mol. The van der Waals surface area contributed by atoms with Crippen LogP contribution in [0.4, 0.5) is 5.69 Å². The fourth-order valence-electron chi connectivity index (χ4n) is 2.23. The molecule has 2 aromatic carbocycles. The van der Waals surface area contributed by atoms with Crippen molar-refractivity contribution in [2.24, 2.45) is 0 Å². The number of rotatable bonds is 1. The van der Waals surface area contributed by atoms with Crippen LogP contribution in [0.25, 0.3) is 0 Å². The highest BCUT2D eigenvalue weighted by Crippen LogP contribution is 2.46. The van der Waals surface area contributed by atoms with Gasteiger partial charge in [0, 0.05) is 22.9 Å². The van der Waals surface area contributed by atoms with Crippen molar-refractivity contribution < 1.29 is 9.59 Å². The molecule has 1 aliphatic heterocycles. The lowest BCUT2D eigenvalue weighted by atomic mass is 10.1. The SMILES string of the molecule is O=C1c2c(Br)c(Br)c(Br)c(Br)c2C(=O)N1c1cc(Cl)ccc1Cl. The number of halogens is 6. The molecule has 3 nitrogen and oxygen atoms in total. The molecule has 0 fully saturated rings. The summed E-state index contributed by atoms with van der Waals surface area (Å²) in [5.41, 5.74) is 0.761. The zero-order valence-corrected chi connectivity index (χ0v) is 18.6. The number of nitrogens with zero attached hydrogens (tertiary/aromatic N) is 1. The molecule has 0 bridgehead atoms. The molecule has 0 unspecified atom stereocenters. The highest BCUT2D eigenvalue weighted by atomic mass is 79.9. The van der Waals surface area contributed by atoms with Crippen LogP contribution in [0.2, 0.25) is 10.0 Å². The molecule has 1 aliphatic rings. The van der Waals surface area contributed by atoms with E-state index in [0.29, 0.717) is 22.9 Å². The summed E-state index contributed by atoms with van der Waals surface area (Å²) in [6, 6.07) is 4.61. The molecule has 2 aromatic rings. The third-order valence-corrected chi connectivity index (χ3v) is 8.57. The Labute approximate surface area is 174 Å². The van der Waals surface area contributed by atoms with E-state index in [4.69, 9.17) is 23.2 Å². The molecular formula is C14H3Br4Cl2NO2. The predicted molar refractivity (Wildman–Crippen MR) is 105 cm³/mol. The molecule has 1 heterocycles. The molecule has 0 saturated carbocycles. The maximum atomic E-state index is 12.8. The van der Waals surface area contributed by atoms with E-state index in [-0.39, 0.29) is 21.8 Å². The second-order valence-electron chi connectivity index (χ2n) is 4.55. The van der Waals surface area contributed by atoms with Crippen molar-refractivity contribution in [2.45, 2.75) is 0 Å². The minimum atomic E-state index is -0.477. The minimum absolute atomic E-state index is 0.247. The van der Waals surface area contributed by atoms with Gasteiger partial charge in [-0.05, 0) is 81.9 Å². The zero-order valence-electron chi connectivity index (χ0n) is 10.8. The Kier molecular flexibility index (Phi) is 5.00. The highest BCUT2D eigenvalue weighted by molar-refractivity contribution is 9.15. The number of hydrogen-bond acceptors (Lipinski definition) is 2. The molecule has 2 amide bonds. The van der Waals surface area contributed by atoms with Gasteiger partial charge in [0.2, 0.25) is 0 Å². The van der Waals surface area contributed by atoms with Gasteiger partial charge in [-0.3, -0.25) is 9.59 Å². The van der Waals surface area contributed by atoms with Gasteiger partial charge in [0.1, 0.15) is 0 Å². The van der Waals surface area contributed by atoms with Crippen LogP contribution in [-0.2, 0) is 0 Å². The number of hydrogen-bond donors (Lipinski definition) is 0. The van der Waals surface area contributed by atoms with E-state index in [0.717, 1.165) is 4.90 Å². The molecule has 0 aliphatic carbocycles. The molecule has 0 radical (unpaired) electrons. The molecule has 23 heavy (non-hydrogen) atoms. The summed E-state index contributed by atoms with van der Waals surface area (Å²) >= 11 is 25.6. The van der Waals surface area contributed by atoms with Crippen LogP contribution < -0.4 is 4.90 Å². The Morgan fingerprint density at radius 1 is 0.783 bits per heavy atom. The smallest absolute Gasteiger partial charge is 0.267 e. The topological polar surface area (TPSA) is 37.4 Å². The van der Waals surface area contributed by atoms with Crippen molar-refractivity contribution in [3.05, 3.63) is 57.3 Å². The average molecular weight is 608 g/mol. The first-order valence-corrected chi connectivity index (χ1v) is 9.88. The van der Waals surface area contributed by atoms with Gasteiger partial charge in [-0.15, -0.1) is 0 Å². The van der Waals surface area contributed by atoms with Gasteiger partial charge in [0.25, 0.3) is 11.8 Å². The van der Waals surface area contributed by atoms with E-state index in [1.807, 2.05) is 0 Å². The summed E-state index contributed by atoms with van der Waals surface area (Å²) in [5, 5.41) is 0.635. The van der Waals surface area contributed by atoms with Crippen LogP contribution in [-0.4, -0.2) is 11.8 Å². The van der Waals surface area contributed by atoms with Crippen molar-refractivity contribution >= 4 is 104 Å². The molecule has 0 aromatic heterocycles. The first kappa shape index (κ1) is 17.9. The summed E-state index contributed by atoms with van der Waals surface area (Å²) in [5.74, 6) is -0.954. The first-order valence-electron chi connectivity index (χ1n) is 5.95. The van der Waals surface area contributed by atoms with Gasteiger partial charge in [-0.2, -0.15) is 0 Å². The average Bonchev–Trinajstić information content (AvgIpc) is 2.77. The second-order valence-corrected chi connectivity index (χ2v) is 8.56. The lowest BCUT2D eigenvalue weighted by Crippen LogP contribution is -2.29. The number of benzene rings is 2. The Balaban J connectivity index is 2.29. The standard InChI is InChI=1S/C14H3Br4Cl2NO2/c15-9-7-8(10(16)12(18)11(9)17)14(23)21(13(7)22)6-3-4(19)1-2-5(6)20/h1-3H. The van der Waals surface area contributed by atoms with Gasteiger partial charge < -0.3 is 0 Å². The van der Waals surface area contributed by atoms with E-state index in [2.05, 4.69) is 63.7 Å². The molecular weight excluding hydrogens is 605 g/mol. The van der Waals surface area contributed by atoms with Crippen molar-refractivity contribution in [3.63, 3.8) is 0 Å². The summed E-state index contributed by atoms with van der Waals surface area (Å²) in [7, 11) is 0. The summed E-state index contributed by atoms with van der Waals surface area (Å²) < 4.78 is 2.23. The number of carbonyl (C=O) groups is 2. The van der Waals surface area contributed by atoms with Crippen LogP contribution in [0.1, 0.15) is 20.7 Å². The molecule has 0 spiro atoms. The van der Waals surface area contributed by atoms with E-state index >= 15 is 0 Å². The first-order chi connectivity index (χ1) is 10.8. The Bertz CT molecular complexity index is 854. The van der Waals surface area contributed by atoms with E-state index in [9.17, 15) is 9.59 Å². The van der Waals surface area contributed by atoms with Crippen LogP contribution in [0.5, 0.6) is 0 Å².